The number of hydrogen-bond acceptors (Lipinski definition) is 4. The minimum atomic E-state index is -0.808. The van der Waals surface area contributed by atoms with Gasteiger partial charge in [0.15, 0.2) is 6.29 Å². The third kappa shape index (κ3) is 8.06. The van der Waals surface area contributed by atoms with Gasteiger partial charge in [-0.25, -0.2) is 4.79 Å². The van der Waals surface area contributed by atoms with Gasteiger partial charge >= 0.3 is 6.09 Å². The van der Waals surface area contributed by atoms with Crippen LogP contribution in [0.25, 0.3) is 0 Å². The molecule has 0 bridgehead atoms. The third-order valence-corrected chi connectivity index (χ3v) is 1.72. The largest absolute Gasteiger partial charge is 0.444 e. The summed E-state index contributed by atoms with van der Waals surface area (Å²) in [5.74, 6) is 0. The van der Waals surface area contributed by atoms with E-state index in [0.717, 1.165) is 0 Å². The molecule has 0 saturated carbocycles. The fraction of sp³-hybridized carbons (Fsp3) is 0.769. The van der Waals surface area contributed by atoms with E-state index in [9.17, 15) is 9.59 Å². The molecule has 0 aliphatic carbocycles. The molecule has 0 aromatic rings. The lowest BCUT2D eigenvalue weighted by Gasteiger charge is -2.29. The molecule has 1 N–H and O–H groups in total. The van der Waals surface area contributed by atoms with Crippen LogP contribution in [-0.2, 0) is 14.3 Å². The number of nitrogens with one attached hydrogen (secondary N) is 1. The zero-order valence-electron chi connectivity index (χ0n) is 12.1. The van der Waals surface area contributed by atoms with Crippen molar-refractivity contribution in [1.82, 2.24) is 5.32 Å². The number of ether oxygens (including phenoxy) is 2. The SMILES string of the molecule is [CH2][C@H](NC(=O)OC(C)(C)C)[C@H](C=O)OC(C)(C)C. The van der Waals surface area contributed by atoms with Crippen LogP contribution in [-0.4, -0.2) is 35.7 Å². The average molecular weight is 258 g/mol. The van der Waals surface area contributed by atoms with Gasteiger partial charge in [0.05, 0.1) is 11.6 Å². The van der Waals surface area contributed by atoms with Crippen molar-refractivity contribution in [3.05, 3.63) is 6.92 Å². The predicted octanol–water partition coefficient (Wildman–Crippen LogP) is 2.10. The fourth-order valence-corrected chi connectivity index (χ4v) is 1.15. The van der Waals surface area contributed by atoms with Crippen LogP contribution in [0.1, 0.15) is 41.5 Å². The monoisotopic (exact) mass is 258 g/mol. The highest BCUT2D eigenvalue weighted by atomic mass is 16.6. The van der Waals surface area contributed by atoms with Crippen LogP contribution in [0.4, 0.5) is 4.79 Å². The van der Waals surface area contributed by atoms with Crippen molar-refractivity contribution in [2.45, 2.75) is 64.9 Å². The van der Waals surface area contributed by atoms with Crippen molar-refractivity contribution in [3.8, 4) is 0 Å². The van der Waals surface area contributed by atoms with Gasteiger partial charge in [-0.1, -0.05) is 0 Å². The molecule has 0 spiro atoms. The maximum atomic E-state index is 11.5. The van der Waals surface area contributed by atoms with Gasteiger partial charge in [0, 0.05) is 0 Å². The molecule has 0 heterocycles. The Bertz CT molecular complexity index is 288. The zero-order valence-corrected chi connectivity index (χ0v) is 12.1. The van der Waals surface area contributed by atoms with Crippen LogP contribution in [0.5, 0.6) is 0 Å². The maximum absolute atomic E-state index is 11.5. The molecule has 0 unspecified atom stereocenters. The van der Waals surface area contributed by atoms with E-state index in [1.165, 1.54) is 0 Å². The van der Waals surface area contributed by atoms with Crippen molar-refractivity contribution < 1.29 is 19.1 Å². The van der Waals surface area contributed by atoms with Gasteiger partial charge in [-0.3, -0.25) is 0 Å². The maximum Gasteiger partial charge on any atom is 0.407 e. The first-order chi connectivity index (χ1) is 7.94. The number of amides is 1. The fourth-order valence-electron chi connectivity index (χ4n) is 1.15. The summed E-state index contributed by atoms with van der Waals surface area (Å²) >= 11 is 0. The summed E-state index contributed by atoms with van der Waals surface area (Å²) in [6, 6.07) is -0.698. The molecule has 5 heteroatoms. The third-order valence-electron chi connectivity index (χ3n) is 1.72. The molecular weight excluding hydrogens is 234 g/mol. The molecule has 0 aromatic heterocycles. The molecule has 0 aliphatic heterocycles. The number of carbonyl (C=O) groups is 2. The predicted molar refractivity (Wildman–Crippen MR) is 69.2 cm³/mol. The van der Waals surface area contributed by atoms with E-state index in [0.29, 0.717) is 6.29 Å². The summed E-state index contributed by atoms with van der Waals surface area (Å²) in [7, 11) is 0. The normalized spacial score (nSPS) is 15.7. The van der Waals surface area contributed by atoms with Crippen LogP contribution in [0.15, 0.2) is 0 Å². The van der Waals surface area contributed by atoms with E-state index in [2.05, 4.69) is 12.2 Å². The van der Waals surface area contributed by atoms with Gasteiger partial charge in [-0.2, -0.15) is 0 Å². The molecule has 0 aliphatic rings. The first-order valence-corrected chi connectivity index (χ1v) is 5.90. The van der Waals surface area contributed by atoms with E-state index < -0.39 is 29.4 Å². The number of aldehydes is 1. The lowest BCUT2D eigenvalue weighted by molar-refractivity contribution is -0.129. The lowest BCUT2D eigenvalue weighted by atomic mass is 10.1. The van der Waals surface area contributed by atoms with Gasteiger partial charge in [0.25, 0.3) is 0 Å². The van der Waals surface area contributed by atoms with Gasteiger partial charge < -0.3 is 19.6 Å². The molecule has 0 saturated heterocycles. The van der Waals surface area contributed by atoms with Gasteiger partial charge in [-0.05, 0) is 48.5 Å². The van der Waals surface area contributed by atoms with E-state index in [4.69, 9.17) is 9.47 Å². The molecule has 18 heavy (non-hydrogen) atoms. The van der Waals surface area contributed by atoms with Crippen molar-refractivity contribution in [2.24, 2.45) is 0 Å². The summed E-state index contributed by atoms with van der Waals surface area (Å²) in [6.07, 6.45) is -0.801. The summed E-state index contributed by atoms with van der Waals surface area (Å²) in [5.41, 5.74) is -1.08. The summed E-state index contributed by atoms with van der Waals surface area (Å²) in [6.45, 7) is 14.4. The average Bonchev–Trinajstić information content (AvgIpc) is 2.08. The van der Waals surface area contributed by atoms with Crippen LogP contribution < -0.4 is 5.32 Å². The summed E-state index contributed by atoms with van der Waals surface area (Å²) in [4.78, 5) is 22.4. The highest BCUT2D eigenvalue weighted by Crippen LogP contribution is 2.12. The molecule has 0 aromatic carbocycles. The minimum Gasteiger partial charge on any atom is -0.444 e. The lowest BCUT2D eigenvalue weighted by Crippen LogP contribution is -2.47. The van der Waals surface area contributed by atoms with Gasteiger partial charge in [0.1, 0.15) is 11.7 Å². The van der Waals surface area contributed by atoms with Gasteiger partial charge in [-0.15, -0.1) is 0 Å². The smallest absolute Gasteiger partial charge is 0.407 e. The first kappa shape index (κ1) is 16.9. The summed E-state index contributed by atoms with van der Waals surface area (Å²) < 4.78 is 10.6. The molecule has 1 radical (unpaired) electrons. The Hall–Kier alpha value is -1.10. The van der Waals surface area contributed by atoms with Crippen molar-refractivity contribution >= 4 is 12.4 Å². The number of rotatable bonds is 4. The second kappa shape index (κ2) is 6.18. The molecule has 2 atom stereocenters. The highest BCUT2D eigenvalue weighted by Gasteiger charge is 2.26. The Morgan fingerprint density at radius 2 is 1.67 bits per heavy atom. The second-order valence-electron chi connectivity index (χ2n) is 6.08. The second-order valence-corrected chi connectivity index (χ2v) is 6.08. The molecule has 1 amide bonds. The van der Waals surface area contributed by atoms with Crippen LogP contribution in [0.3, 0.4) is 0 Å². The number of hydrogen-bond donors (Lipinski definition) is 1. The van der Waals surface area contributed by atoms with Crippen molar-refractivity contribution in [2.75, 3.05) is 0 Å². The number of carbonyl (C=O) groups excluding carboxylic acids is 2. The van der Waals surface area contributed by atoms with Crippen molar-refractivity contribution in [1.29, 1.82) is 0 Å². The molecule has 5 nitrogen and oxygen atoms in total. The molecule has 105 valence electrons. The Balaban J connectivity index is 4.40. The van der Waals surface area contributed by atoms with Crippen LogP contribution >= 0.6 is 0 Å². The zero-order chi connectivity index (χ0) is 14.6. The Kier molecular flexibility index (Phi) is 5.80. The molecular formula is C13H24NO4. The summed E-state index contributed by atoms with van der Waals surface area (Å²) in [5, 5.41) is 2.48. The van der Waals surface area contributed by atoms with Crippen LogP contribution in [0.2, 0.25) is 0 Å². The Morgan fingerprint density at radius 3 is 2.00 bits per heavy atom. The topological polar surface area (TPSA) is 64.6 Å². The Morgan fingerprint density at radius 1 is 1.17 bits per heavy atom. The van der Waals surface area contributed by atoms with E-state index in [-0.39, 0.29) is 0 Å². The van der Waals surface area contributed by atoms with E-state index in [1.54, 1.807) is 20.8 Å². The molecule has 0 rings (SSSR count). The highest BCUT2D eigenvalue weighted by molar-refractivity contribution is 5.69. The first-order valence-electron chi connectivity index (χ1n) is 5.90. The van der Waals surface area contributed by atoms with E-state index >= 15 is 0 Å². The standard InChI is InChI=1S/C13H24NO4/c1-9(10(8-15)17-12(2,3)4)14-11(16)18-13(5,6)7/h8-10H,1H2,2-7H3,(H,14,16)/t9-,10-/m0/s1. The van der Waals surface area contributed by atoms with Crippen LogP contribution in [0, 0.1) is 6.92 Å². The molecule has 0 fully saturated rings. The quantitative estimate of drug-likeness (QED) is 0.784. The Labute approximate surface area is 109 Å². The van der Waals surface area contributed by atoms with Gasteiger partial charge in [0.2, 0.25) is 0 Å². The van der Waals surface area contributed by atoms with Crippen molar-refractivity contribution in [3.63, 3.8) is 0 Å². The van der Waals surface area contributed by atoms with E-state index in [1.807, 2.05) is 20.8 Å². The number of alkyl carbamates (subject to hydrolysis) is 1. The minimum absolute atomic E-state index is 0.489.